The van der Waals surface area contributed by atoms with Crippen molar-refractivity contribution in [2.45, 2.75) is 6.92 Å². The van der Waals surface area contributed by atoms with Crippen LogP contribution in [0.25, 0.3) is 5.65 Å². The zero-order valence-electron chi connectivity index (χ0n) is 10.4. The van der Waals surface area contributed by atoms with E-state index in [0.29, 0.717) is 11.3 Å². The Labute approximate surface area is 110 Å². The number of imidazole rings is 1. The molecule has 1 N–H and O–H groups in total. The highest BCUT2D eigenvalue weighted by molar-refractivity contribution is 6.08. The summed E-state index contributed by atoms with van der Waals surface area (Å²) >= 11 is 0. The number of carbonyl (C=O) groups is 1. The van der Waals surface area contributed by atoms with Crippen molar-refractivity contribution in [3.05, 3.63) is 65.6 Å². The lowest BCUT2D eigenvalue weighted by Gasteiger charge is -2.02. The SMILES string of the molecule is Cc1cccn2c(C(=O)c3ccc(O)cc3)cnc12. The second-order valence-corrected chi connectivity index (χ2v) is 4.40. The molecule has 0 fully saturated rings. The molecule has 0 aliphatic carbocycles. The van der Waals surface area contributed by atoms with E-state index >= 15 is 0 Å². The molecule has 94 valence electrons. The highest BCUT2D eigenvalue weighted by atomic mass is 16.3. The lowest BCUT2D eigenvalue weighted by Crippen LogP contribution is -2.05. The third-order valence-corrected chi connectivity index (χ3v) is 3.09. The molecule has 3 aromatic rings. The fourth-order valence-corrected chi connectivity index (χ4v) is 2.08. The van der Waals surface area contributed by atoms with Gasteiger partial charge in [-0.25, -0.2) is 4.98 Å². The number of pyridine rings is 1. The van der Waals surface area contributed by atoms with Gasteiger partial charge in [0.2, 0.25) is 5.78 Å². The number of rotatable bonds is 2. The number of hydrogen-bond acceptors (Lipinski definition) is 3. The zero-order valence-corrected chi connectivity index (χ0v) is 10.4. The third kappa shape index (κ3) is 1.87. The molecule has 0 unspecified atom stereocenters. The lowest BCUT2D eigenvalue weighted by atomic mass is 10.1. The summed E-state index contributed by atoms with van der Waals surface area (Å²) in [4.78, 5) is 16.7. The van der Waals surface area contributed by atoms with Crippen molar-refractivity contribution in [2.24, 2.45) is 0 Å². The maximum absolute atomic E-state index is 12.4. The molecule has 0 amide bonds. The quantitative estimate of drug-likeness (QED) is 0.713. The van der Waals surface area contributed by atoms with Crippen LogP contribution in [0, 0.1) is 6.92 Å². The second-order valence-electron chi connectivity index (χ2n) is 4.40. The monoisotopic (exact) mass is 252 g/mol. The highest BCUT2D eigenvalue weighted by Crippen LogP contribution is 2.16. The molecule has 0 radical (unpaired) electrons. The topological polar surface area (TPSA) is 54.6 Å². The van der Waals surface area contributed by atoms with Gasteiger partial charge in [-0.1, -0.05) is 6.07 Å². The van der Waals surface area contributed by atoms with Crippen LogP contribution in [-0.4, -0.2) is 20.3 Å². The first-order valence-electron chi connectivity index (χ1n) is 5.93. The number of ketones is 1. The summed E-state index contributed by atoms with van der Waals surface area (Å²) in [7, 11) is 0. The minimum atomic E-state index is -0.113. The van der Waals surface area contributed by atoms with Crippen LogP contribution in [0.1, 0.15) is 21.6 Å². The van der Waals surface area contributed by atoms with Crippen molar-refractivity contribution >= 4 is 11.4 Å². The maximum Gasteiger partial charge on any atom is 0.211 e. The number of aryl methyl sites for hydroxylation is 1. The van der Waals surface area contributed by atoms with Gasteiger partial charge in [0.1, 0.15) is 17.1 Å². The van der Waals surface area contributed by atoms with Crippen molar-refractivity contribution in [2.75, 3.05) is 0 Å². The Kier molecular flexibility index (Phi) is 2.56. The van der Waals surface area contributed by atoms with Gasteiger partial charge in [-0.2, -0.15) is 0 Å². The number of carbonyl (C=O) groups excluding carboxylic acids is 1. The summed E-state index contributed by atoms with van der Waals surface area (Å²) < 4.78 is 1.78. The van der Waals surface area contributed by atoms with Crippen molar-refractivity contribution < 1.29 is 9.90 Å². The molecule has 3 rings (SSSR count). The van der Waals surface area contributed by atoms with Crippen LogP contribution in [0.2, 0.25) is 0 Å². The molecule has 2 heterocycles. The number of fused-ring (bicyclic) bond motifs is 1. The van der Waals surface area contributed by atoms with Gasteiger partial charge in [0, 0.05) is 11.8 Å². The Hall–Kier alpha value is -2.62. The Morgan fingerprint density at radius 1 is 1.21 bits per heavy atom. The molecule has 0 spiro atoms. The molecule has 0 saturated carbocycles. The van der Waals surface area contributed by atoms with Gasteiger partial charge in [-0.3, -0.25) is 9.20 Å². The maximum atomic E-state index is 12.4. The van der Waals surface area contributed by atoms with E-state index in [1.54, 1.807) is 22.7 Å². The highest BCUT2D eigenvalue weighted by Gasteiger charge is 2.14. The summed E-state index contributed by atoms with van der Waals surface area (Å²) in [6.45, 7) is 1.96. The fourth-order valence-electron chi connectivity index (χ4n) is 2.08. The fraction of sp³-hybridized carbons (Fsp3) is 0.0667. The van der Waals surface area contributed by atoms with E-state index in [2.05, 4.69) is 4.98 Å². The van der Waals surface area contributed by atoms with E-state index in [4.69, 9.17) is 0 Å². The molecule has 19 heavy (non-hydrogen) atoms. The van der Waals surface area contributed by atoms with Crippen LogP contribution in [0.3, 0.4) is 0 Å². The number of hydrogen-bond donors (Lipinski definition) is 1. The Morgan fingerprint density at radius 2 is 1.95 bits per heavy atom. The van der Waals surface area contributed by atoms with Crippen molar-refractivity contribution in [1.82, 2.24) is 9.38 Å². The van der Waals surface area contributed by atoms with E-state index in [0.717, 1.165) is 11.2 Å². The van der Waals surface area contributed by atoms with Crippen LogP contribution in [0.15, 0.2) is 48.8 Å². The van der Waals surface area contributed by atoms with Gasteiger partial charge in [0.05, 0.1) is 6.20 Å². The summed E-state index contributed by atoms with van der Waals surface area (Å²) in [5, 5.41) is 9.25. The van der Waals surface area contributed by atoms with Gasteiger partial charge < -0.3 is 5.11 Å². The second kappa shape index (κ2) is 4.24. The normalized spacial score (nSPS) is 10.8. The number of phenols is 1. The van der Waals surface area contributed by atoms with E-state index in [9.17, 15) is 9.90 Å². The van der Waals surface area contributed by atoms with Crippen molar-refractivity contribution in [1.29, 1.82) is 0 Å². The smallest absolute Gasteiger partial charge is 0.211 e. The summed E-state index contributed by atoms with van der Waals surface area (Å²) in [5.74, 6) is 0.0311. The van der Waals surface area contributed by atoms with Gasteiger partial charge in [0.15, 0.2) is 0 Å². The molecule has 4 heteroatoms. The predicted molar refractivity (Wildman–Crippen MR) is 71.5 cm³/mol. The Morgan fingerprint density at radius 3 is 2.68 bits per heavy atom. The Bertz CT molecular complexity index is 757. The molecule has 0 atom stereocenters. The standard InChI is InChI=1S/C15H12N2O2/c1-10-3-2-8-17-13(9-16-15(10)17)14(19)11-4-6-12(18)7-5-11/h2-9,18H,1H3. The molecule has 1 aromatic carbocycles. The first-order chi connectivity index (χ1) is 9.16. The predicted octanol–water partition coefficient (Wildman–Crippen LogP) is 2.58. The summed E-state index contributed by atoms with van der Waals surface area (Å²) in [6, 6.07) is 10.1. The molecule has 4 nitrogen and oxygen atoms in total. The van der Waals surface area contributed by atoms with E-state index in [1.165, 1.54) is 12.1 Å². The average Bonchev–Trinajstić information content (AvgIpc) is 2.84. The number of benzene rings is 1. The molecular weight excluding hydrogens is 240 g/mol. The van der Waals surface area contributed by atoms with E-state index in [-0.39, 0.29) is 11.5 Å². The first-order valence-corrected chi connectivity index (χ1v) is 5.93. The molecule has 0 saturated heterocycles. The summed E-state index contributed by atoms with van der Waals surface area (Å²) in [6.07, 6.45) is 3.40. The van der Waals surface area contributed by atoms with Gasteiger partial charge in [0.25, 0.3) is 0 Å². The van der Waals surface area contributed by atoms with Crippen LogP contribution in [-0.2, 0) is 0 Å². The van der Waals surface area contributed by atoms with Gasteiger partial charge in [-0.05, 0) is 42.8 Å². The molecule has 0 aliphatic heterocycles. The Balaban J connectivity index is 2.12. The number of nitrogens with zero attached hydrogens (tertiary/aromatic N) is 2. The number of aromatic nitrogens is 2. The molecule has 2 aromatic heterocycles. The average molecular weight is 252 g/mol. The van der Waals surface area contributed by atoms with Gasteiger partial charge in [-0.15, -0.1) is 0 Å². The number of aromatic hydroxyl groups is 1. The van der Waals surface area contributed by atoms with Crippen molar-refractivity contribution in [3.8, 4) is 5.75 Å². The number of phenolic OH excluding ortho intramolecular Hbond substituents is 1. The largest absolute Gasteiger partial charge is 0.508 e. The van der Waals surface area contributed by atoms with Crippen LogP contribution in [0.4, 0.5) is 0 Å². The third-order valence-electron chi connectivity index (χ3n) is 3.09. The van der Waals surface area contributed by atoms with Gasteiger partial charge >= 0.3 is 0 Å². The summed E-state index contributed by atoms with van der Waals surface area (Å²) in [5.41, 5.74) is 2.85. The minimum Gasteiger partial charge on any atom is -0.508 e. The zero-order chi connectivity index (χ0) is 13.4. The molecular formula is C15H12N2O2. The van der Waals surface area contributed by atoms with Crippen LogP contribution in [0.5, 0.6) is 5.75 Å². The van der Waals surface area contributed by atoms with Crippen LogP contribution >= 0.6 is 0 Å². The lowest BCUT2D eigenvalue weighted by molar-refractivity contribution is 0.103. The minimum absolute atomic E-state index is 0.113. The van der Waals surface area contributed by atoms with Crippen LogP contribution < -0.4 is 0 Å². The molecule has 0 bridgehead atoms. The molecule has 0 aliphatic rings. The van der Waals surface area contributed by atoms with E-state index in [1.807, 2.05) is 25.3 Å². The van der Waals surface area contributed by atoms with Crippen molar-refractivity contribution in [3.63, 3.8) is 0 Å². The van der Waals surface area contributed by atoms with E-state index < -0.39 is 0 Å². The first kappa shape index (κ1) is 11.5.